The molecule has 102 valence electrons. The molecule has 0 aromatic heterocycles. The van der Waals surface area contributed by atoms with E-state index >= 15 is 0 Å². The first kappa shape index (κ1) is 14.1. The maximum absolute atomic E-state index is 8.74. The molecule has 1 aromatic carbocycles. The summed E-state index contributed by atoms with van der Waals surface area (Å²) in [4.78, 5) is 0. The van der Waals surface area contributed by atoms with Crippen LogP contribution in [-0.4, -0.2) is 6.54 Å². The van der Waals surface area contributed by atoms with Gasteiger partial charge in [-0.15, -0.1) is 0 Å². The van der Waals surface area contributed by atoms with Crippen molar-refractivity contribution in [1.29, 1.82) is 5.26 Å². The molecule has 1 aliphatic carbocycles. The van der Waals surface area contributed by atoms with Crippen molar-refractivity contribution in [3.05, 3.63) is 35.4 Å². The molecule has 0 saturated heterocycles. The van der Waals surface area contributed by atoms with Gasteiger partial charge in [0.15, 0.2) is 0 Å². The van der Waals surface area contributed by atoms with Crippen LogP contribution in [0.2, 0.25) is 0 Å². The number of rotatable bonds is 5. The Labute approximate surface area is 116 Å². The van der Waals surface area contributed by atoms with Gasteiger partial charge < -0.3 is 5.32 Å². The van der Waals surface area contributed by atoms with E-state index < -0.39 is 0 Å². The molecule has 2 rings (SSSR count). The van der Waals surface area contributed by atoms with E-state index in [2.05, 4.69) is 18.3 Å². The molecular formula is C17H24N2. The van der Waals surface area contributed by atoms with Gasteiger partial charge in [-0.2, -0.15) is 5.26 Å². The van der Waals surface area contributed by atoms with Crippen LogP contribution in [0.15, 0.2) is 24.3 Å². The summed E-state index contributed by atoms with van der Waals surface area (Å²) in [6.07, 6.45) is 6.98. The van der Waals surface area contributed by atoms with Crippen LogP contribution in [0.3, 0.4) is 0 Å². The molecular weight excluding hydrogens is 232 g/mol. The molecule has 0 amide bonds. The highest BCUT2D eigenvalue weighted by atomic mass is 14.8. The summed E-state index contributed by atoms with van der Waals surface area (Å²) in [7, 11) is 0. The van der Waals surface area contributed by atoms with Gasteiger partial charge in [-0.1, -0.05) is 38.3 Å². The molecule has 1 fully saturated rings. The van der Waals surface area contributed by atoms with E-state index in [-0.39, 0.29) is 0 Å². The van der Waals surface area contributed by atoms with Gasteiger partial charge in [-0.05, 0) is 48.9 Å². The fourth-order valence-electron chi connectivity index (χ4n) is 3.06. The van der Waals surface area contributed by atoms with Crippen LogP contribution in [0.5, 0.6) is 0 Å². The summed E-state index contributed by atoms with van der Waals surface area (Å²) in [5.41, 5.74) is 2.00. The van der Waals surface area contributed by atoms with Crippen LogP contribution in [0.4, 0.5) is 0 Å². The SMILES string of the molecule is CC1CCCC(CCNCc2ccc(C#N)cc2)C1. The highest BCUT2D eigenvalue weighted by molar-refractivity contribution is 5.31. The van der Waals surface area contributed by atoms with Gasteiger partial charge in [-0.25, -0.2) is 0 Å². The number of nitriles is 1. The molecule has 1 saturated carbocycles. The third kappa shape index (κ3) is 4.69. The third-order valence-electron chi connectivity index (χ3n) is 4.19. The van der Waals surface area contributed by atoms with E-state index in [1.807, 2.05) is 24.3 Å². The number of hydrogen-bond acceptors (Lipinski definition) is 2. The smallest absolute Gasteiger partial charge is 0.0991 e. The Morgan fingerprint density at radius 2 is 2.05 bits per heavy atom. The van der Waals surface area contributed by atoms with Crippen molar-refractivity contribution >= 4 is 0 Å². The average Bonchev–Trinajstić information content (AvgIpc) is 2.44. The minimum Gasteiger partial charge on any atom is -0.313 e. The zero-order chi connectivity index (χ0) is 13.5. The molecule has 0 aliphatic heterocycles. The third-order valence-corrected chi connectivity index (χ3v) is 4.19. The van der Waals surface area contributed by atoms with Gasteiger partial charge >= 0.3 is 0 Å². The molecule has 1 N–H and O–H groups in total. The topological polar surface area (TPSA) is 35.8 Å². The summed E-state index contributed by atoms with van der Waals surface area (Å²) >= 11 is 0. The molecule has 19 heavy (non-hydrogen) atoms. The van der Waals surface area contributed by atoms with E-state index in [4.69, 9.17) is 5.26 Å². The zero-order valence-corrected chi connectivity index (χ0v) is 11.9. The second-order valence-electron chi connectivity index (χ2n) is 5.91. The molecule has 0 heterocycles. The molecule has 0 spiro atoms. The maximum Gasteiger partial charge on any atom is 0.0991 e. The normalized spacial score (nSPS) is 22.9. The lowest BCUT2D eigenvalue weighted by molar-refractivity contribution is 0.267. The van der Waals surface area contributed by atoms with Crippen molar-refractivity contribution < 1.29 is 0 Å². The molecule has 2 unspecified atom stereocenters. The quantitative estimate of drug-likeness (QED) is 0.812. The van der Waals surface area contributed by atoms with Crippen LogP contribution >= 0.6 is 0 Å². The minimum absolute atomic E-state index is 0.736. The average molecular weight is 256 g/mol. The first-order valence-electron chi connectivity index (χ1n) is 7.47. The Balaban J connectivity index is 1.64. The lowest BCUT2D eigenvalue weighted by Gasteiger charge is -2.26. The van der Waals surface area contributed by atoms with E-state index in [0.717, 1.165) is 30.5 Å². The Kier molecular flexibility index (Phi) is 5.42. The largest absolute Gasteiger partial charge is 0.313 e. The van der Waals surface area contributed by atoms with Gasteiger partial charge in [0.25, 0.3) is 0 Å². The molecule has 0 bridgehead atoms. The van der Waals surface area contributed by atoms with Gasteiger partial charge in [0.2, 0.25) is 0 Å². The highest BCUT2D eigenvalue weighted by Crippen LogP contribution is 2.30. The summed E-state index contributed by atoms with van der Waals surface area (Å²) < 4.78 is 0. The number of nitrogens with one attached hydrogen (secondary N) is 1. The lowest BCUT2D eigenvalue weighted by atomic mass is 9.81. The Morgan fingerprint density at radius 1 is 1.26 bits per heavy atom. The predicted molar refractivity (Wildman–Crippen MR) is 78.6 cm³/mol. The number of nitrogens with zero attached hydrogens (tertiary/aromatic N) is 1. The van der Waals surface area contributed by atoms with Crippen LogP contribution in [0, 0.1) is 23.2 Å². The van der Waals surface area contributed by atoms with E-state index in [1.54, 1.807) is 0 Å². The van der Waals surface area contributed by atoms with Gasteiger partial charge in [0, 0.05) is 6.54 Å². The monoisotopic (exact) mass is 256 g/mol. The van der Waals surface area contributed by atoms with Crippen molar-refractivity contribution in [2.45, 2.75) is 45.6 Å². The molecule has 1 aromatic rings. The second kappa shape index (κ2) is 7.31. The molecule has 2 nitrogen and oxygen atoms in total. The Morgan fingerprint density at radius 3 is 2.74 bits per heavy atom. The van der Waals surface area contributed by atoms with E-state index in [1.165, 1.54) is 37.7 Å². The molecule has 2 atom stereocenters. The Hall–Kier alpha value is -1.33. The molecule has 2 heteroatoms. The van der Waals surface area contributed by atoms with Gasteiger partial charge in [-0.3, -0.25) is 0 Å². The lowest BCUT2D eigenvalue weighted by Crippen LogP contribution is -2.21. The van der Waals surface area contributed by atoms with Crippen LogP contribution in [-0.2, 0) is 6.54 Å². The summed E-state index contributed by atoms with van der Waals surface area (Å²) in [6, 6.07) is 10.00. The van der Waals surface area contributed by atoms with E-state index in [0.29, 0.717) is 0 Å². The van der Waals surface area contributed by atoms with Crippen LogP contribution in [0.25, 0.3) is 0 Å². The Bertz CT molecular complexity index is 416. The standard InChI is InChI=1S/C17H24N2/c1-14-3-2-4-15(11-14)9-10-19-13-17-7-5-16(12-18)6-8-17/h5-8,14-15,19H,2-4,9-11,13H2,1H3. The van der Waals surface area contributed by atoms with Crippen LogP contribution < -0.4 is 5.32 Å². The fraction of sp³-hybridized carbons (Fsp3) is 0.588. The summed E-state index contributed by atoms with van der Waals surface area (Å²) in [6.45, 7) is 4.40. The number of benzene rings is 1. The highest BCUT2D eigenvalue weighted by Gasteiger charge is 2.17. The predicted octanol–water partition coefficient (Wildman–Crippen LogP) is 3.86. The summed E-state index contributed by atoms with van der Waals surface area (Å²) in [5.74, 6) is 1.86. The summed E-state index contributed by atoms with van der Waals surface area (Å²) in [5, 5.41) is 12.3. The van der Waals surface area contributed by atoms with E-state index in [9.17, 15) is 0 Å². The van der Waals surface area contributed by atoms with Crippen molar-refractivity contribution in [3.63, 3.8) is 0 Å². The first-order valence-corrected chi connectivity index (χ1v) is 7.47. The zero-order valence-electron chi connectivity index (χ0n) is 11.9. The van der Waals surface area contributed by atoms with Crippen molar-refractivity contribution in [1.82, 2.24) is 5.32 Å². The van der Waals surface area contributed by atoms with Gasteiger partial charge in [0.1, 0.15) is 0 Å². The first-order chi connectivity index (χ1) is 9.28. The van der Waals surface area contributed by atoms with Crippen molar-refractivity contribution in [3.8, 4) is 6.07 Å². The molecule has 1 aliphatic rings. The van der Waals surface area contributed by atoms with Crippen molar-refractivity contribution in [2.24, 2.45) is 11.8 Å². The van der Waals surface area contributed by atoms with Crippen molar-refractivity contribution in [2.75, 3.05) is 6.54 Å². The second-order valence-corrected chi connectivity index (χ2v) is 5.91. The minimum atomic E-state index is 0.736. The number of hydrogen-bond donors (Lipinski definition) is 1. The fourth-order valence-corrected chi connectivity index (χ4v) is 3.06. The molecule has 0 radical (unpaired) electrons. The van der Waals surface area contributed by atoms with Crippen LogP contribution in [0.1, 0.15) is 50.2 Å². The van der Waals surface area contributed by atoms with Gasteiger partial charge in [0.05, 0.1) is 11.6 Å². The maximum atomic E-state index is 8.74.